The van der Waals surface area contributed by atoms with Crippen LogP contribution in [0.4, 0.5) is 4.79 Å². The standard InChI is InChI=1S/C17H23NO4/c1-18(16(19)20)11-14(12-6-8-13(21-2)9-7-12)17-10-4-3-5-15(17)22-17/h6-9,14-15H,3-5,10-11H2,1-2H3,(H,19,20)/t14-,15?,17?/m1/s1. The molecule has 3 atom stereocenters. The fraction of sp³-hybridized carbons (Fsp3) is 0.588. The van der Waals surface area contributed by atoms with Crippen molar-refractivity contribution in [1.82, 2.24) is 4.90 Å². The molecule has 2 fully saturated rings. The van der Waals surface area contributed by atoms with E-state index < -0.39 is 6.09 Å². The second-order valence-electron chi connectivity index (χ2n) is 6.30. The van der Waals surface area contributed by atoms with E-state index in [4.69, 9.17) is 9.47 Å². The van der Waals surface area contributed by atoms with Crippen LogP contribution in [-0.2, 0) is 4.74 Å². The number of likely N-dealkylation sites (N-methyl/N-ethyl adjacent to an activating group) is 1. The Morgan fingerprint density at radius 2 is 2.18 bits per heavy atom. The third-order valence-corrected chi connectivity index (χ3v) is 5.02. The van der Waals surface area contributed by atoms with Gasteiger partial charge in [-0.1, -0.05) is 25.0 Å². The van der Waals surface area contributed by atoms with Crippen molar-refractivity contribution in [2.75, 3.05) is 20.7 Å². The molecule has 1 amide bonds. The van der Waals surface area contributed by atoms with Crippen LogP contribution in [0, 0.1) is 0 Å². The summed E-state index contributed by atoms with van der Waals surface area (Å²) < 4.78 is 11.3. The van der Waals surface area contributed by atoms with Crippen LogP contribution in [0.3, 0.4) is 0 Å². The molecule has 0 spiro atoms. The lowest BCUT2D eigenvalue weighted by Crippen LogP contribution is -2.38. The molecule has 1 heterocycles. The summed E-state index contributed by atoms with van der Waals surface area (Å²) in [6.07, 6.45) is 3.85. The van der Waals surface area contributed by atoms with Crippen LogP contribution < -0.4 is 4.74 Å². The highest BCUT2D eigenvalue weighted by Crippen LogP contribution is 2.56. The summed E-state index contributed by atoms with van der Waals surface area (Å²) in [6, 6.07) is 7.92. The fourth-order valence-electron chi connectivity index (χ4n) is 3.70. The number of carbonyl (C=O) groups is 1. The third kappa shape index (κ3) is 2.65. The summed E-state index contributed by atoms with van der Waals surface area (Å²) in [6.45, 7) is 0.457. The van der Waals surface area contributed by atoms with Crippen molar-refractivity contribution < 1.29 is 19.4 Å². The van der Waals surface area contributed by atoms with Crippen LogP contribution >= 0.6 is 0 Å². The van der Waals surface area contributed by atoms with Gasteiger partial charge in [0.15, 0.2) is 0 Å². The predicted molar refractivity (Wildman–Crippen MR) is 82.5 cm³/mol. The Kier molecular flexibility index (Phi) is 4.00. The fourth-order valence-corrected chi connectivity index (χ4v) is 3.70. The highest BCUT2D eigenvalue weighted by Gasteiger charge is 2.62. The number of nitrogens with zero attached hydrogens (tertiary/aromatic N) is 1. The number of methoxy groups -OCH3 is 1. The van der Waals surface area contributed by atoms with E-state index in [1.165, 1.54) is 11.3 Å². The molecule has 2 aliphatic rings. The molecule has 1 saturated heterocycles. The van der Waals surface area contributed by atoms with Crippen LogP contribution in [-0.4, -0.2) is 48.5 Å². The molecule has 1 aromatic rings. The highest BCUT2D eigenvalue weighted by atomic mass is 16.6. The average Bonchev–Trinajstić information content (AvgIpc) is 3.28. The largest absolute Gasteiger partial charge is 0.497 e. The Morgan fingerprint density at radius 1 is 1.45 bits per heavy atom. The van der Waals surface area contributed by atoms with E-state index in [-0.39, 0.29) is 17.6 Å². The Labute approximate surface area is 130 Å². The van der Waals surface area contributed by atoms with Crippen molar-refractivity contribution in [1.29, 1.82) is 0 Å². The Hall–Kier alpha value is -1.75. The summed E-state index contributed by atoms with van der Waals surface area (Å²) in [7, 11) is 3.26. The molecule has 22 heavy (non-hydrogen) atoms. The summed E-state index contributed by atoms with van der Waals surface area (Å²) in [4.78, 5) is 12.6. The molecule has 1 aliphatic carbocycles. The number of rotatable bonds is 5. The zero-order valence-electron chi connectivity index (χ0n) is 13.1. The monoisotopic (exact) mass is 305 g/mol. The zero-order valence-corrected chi connectivity index (χ0v) is 13.1. The SMILES string of the molecule is COc1ccc([C@@H](CN(C)C(=O)O)C23CCCCC2O3)cc1. The lowest BCUT2D eigenvalue weighted by Gasteiger charge is -2.30. The van der Waals surface area contributed by atoms with Gasteiger partial charge in [0.2, 0.25) is 0 Å². The second kappa shape index (κ2) is 5.80. The van der Waals surface area contributed by atoms with Gasteiger partial charge >= 0.3 is 6.09 Å². The number of hydrogen-bond donors (Lipinski definition) is 1. The van der Waals surface area contributed by atoms with E-state index in [1.807, 2.05) is 24.3 Å². The van der Waals surface area contributed by atoms with E-state index in [0.29, 0.717) is 6.54 Å². The molecule has 120 valence electrons. The molecule has 1 N–H and O–H groups in total. The Morgan fingerprint density at radius 3 is 2.77 bits per heavy atom. The number of benzene rings is 1. The molecule has 2 unspecified atom stereocenters. The Balaban J connectivity index is 1.87. The van der Waals surface area contributed by atoms with Crippen LogP contribution in [0.2, 0.25) is 0 Å². The molecule has 0 bridgehead atoms. The van der Waals surface area contributed by atoms with E-state index in [1.54, 1.807) is 14.2 Å². The van der Waals surface area contributed by atoms with Crippen molar-refractivity contribution >= 4 is 6.09 Å². The molecule has 1 aliphatic heterocycles. The van der Waals surface area contributed by atoms with Gasteiger partial charge in [0.25, 0.3) is 0 Å². The summed E-state index contributed by atoms with van der Waals surface area (Å²) >= 11 is 0. The maximum atomic E-state index is 11.2. The summed E-state index contributed by atoms with van der Waals surface area (Å²) in [5, 5.41) is 9.22. The smallest absolute Gasteiger partial charge is 0.407 e. The van der Waals surface area contributed by atoms with Gasteiger partial charge in [-0.05, 0) is 30.5 Å². The lowest BCUT2D eigenvalue weighted by molar-refractivity contribution is 0.142. The summed E-state index contributed by atoms with van der Waals surface area (Å²) in [5.74, 6) is 0.883. The van der Waals surface area contributed by atoms with Crippen molar-refractivity contribution in [3.05, 3.63) is 29.8 Å². The Bertz CT molecular complexity index is 544. The van der Waals surface area contributed by atoms with Gasteiger partial charge in [0.05, 0.1) is 13.2 Å². The molecule has 0 radical (unpaired) electrons. The van der Waals surface area contributed by atoms with E-state index >= 15 is 0 Å². The molecule has 1 saturated carbocycles. The first-order valence-electron chi connectivity index (χ1n) is 7.82. The molecule has 1 aromatic carbocycles. The third-order valence-electron chi connectivity index (χ3n) is 5.02. The number of fused-ring (bicyclic) bond motifs is 1. The quantitative estimate of drug-likeness (QED) is 0.849. The van der Waals surface area contributed by atoms with Gasteiger partial charge < -0.3 is 19.5 Å². The summed E-state index contributed by atoms with van der Waals surface area (Å²) in [5.41, 5.74) is 0.953. The van der Waals surface area contributed by atoms with E-state index in [2.05, 4.69) is 0 Å². The first-order chi connectivity index (χ1) is 10.6. The lowest BCUT2D eigenvalue weighted by atomic mass is 9.76. The molecular weight excluding hydrogens is 282 g/mol. The average molecular weight is 305 g/mol. The number of hydrogen-bond acceptors (Lipinski definition) is 3. The maximum absolute atomic E-state index is 11.2. The van der Waals surface area contributed by atoms with Crippen molar-refractivity contribution in [3.8, 4) is 5.75 Å². The normalized spacial score (nSPS) is 27.6. The molecule has 5 heteroatoms. The van der Waals surface area contributed by atoms with Crippen molar-refractivity contribution in [3.63, 3.8) is 0 Å². The highest BCUT2D eigenvalue weighted by molar-refractivity contribution is 5.64. The first kappa shape index (κ1) is 15.2. The number of amides is 1. The minimum atomic E-state index is -0.900. The second-order valence-corrected chi connectivity index (χ2v) is 6.30. The van der Waals surface area contributed by atoms with E-state index in [0.717, 1.165) is 30.6 Å². The van der Waals surface area contributed by atoms with Gasteiger partial charge in [0, 0.05) is 19.5 Å². The molecule has 0 aromatic heterocycles. The van der Waals surface area contributed by atoms with Gasteiger partial charge in [-0.3, -0.25) is 0 Å². The minimum absolute atomic E-state index is 0.0739. The minimum Gasteiger partial charge on any atom is -0.497 e. The topological polar surface area (TPSA) is 62.3 Å². The van der Waals surface area contributed by atoms with Crippen LogP contribution in [0.1, 0.15) is 37.2 Å². The van der Waals surface area contributed by atoms with Crippen LogP contribution in [0.25, 0.3) is 0 Å². The van der Waals surface area contributed by atoms with E-state index in [9.17, 15) is 9.90 Å². The zero-order chi connectivity index (χ0) is 15.7. The van der Waals surface area contributed by atoms with Gasteiger partial charge in [-0.2, -0.15) is 0 Å². The predicted octanol–water partition coefficient (Wildman–Crippen LogP) is 3.10. The molecule has 5 nitrogen and oxygen atoms in total. The molecular formula is C17H23NO4. The number of carboxylic acid groups (broad SMARTS) is 1. The van der Waals surface area contributed by atoms with Gasteiger partial charge in [-0.25, -0.2) is 4.79 Å². The number of epoxide rings is 1. The van der Waals surface area contributed by atoms with Crippen LogP contribution in [0.15, 0.2) is 24.3 Å². The van der Waals surface area contributed by atoms with Crippen molar-refractivity contribution in [2.24, 2.45) is 0 Å². The van der Waals surface area contributed by atoms with Gasteiger partial charge in [-0.15, -0.1) is 0 Å². The number of ether oxygens (including phenoxy) is 2. The maximum Gasteiger partial charge on any atom is 0.407 e. The molecule has 3 rings (SSSR count). The van der Waals surface area contributed by atoms with Crippen molar-refractivity contribution in [2.45, 2.75) is 43.3 Å². The van der Waals surface area contributed by atoms with Gasteiger partial charge in [0.1, 0.15) is 11.4 Å². The van der Waals surface area contributed by atoms with Crippen LogP contribution in [0.5, 0.6) is 5.75 Å². The first-order valence-corrected chi connectivity index (χ1v) is 7.82.